The average Bonchev–Trinajstić information content (AvgIpc) is 2.32. The summed E-state index contributed by atoms with van der Waals surface area (Å²) in [6.07, 6.45) is 0. The fourth-order valence-electron chi connectivity index (χ4n) is 0.543. The summed E-state index contributed by atoms with van der Waals surface area (Å²) in [5.41, 5.74) is -0.662. The van der Waals surface area contributed by atoms with E-state index < -0.39 is 17.6 Å². The minimum Gasteiger partial charge on any atom is -0.478 e. The Morgan fingerprint density at radius 1 is 1.36 bits per heavy atom. The predicted molar refractivity (Wildman–Crippen MR) is 36.0 cm³/mol. The van der Waals surface area contributed by atoms with Gasteiger partial charge in [-0.1, -0.05) is 0 Å². The molecule has 0 aliphatic rings. The molecule has 1 rings (SSSR count). The Labute approximate surface area is 65.1 Å². The van der Waals surface area contributed by atoms with Crippen LogP contribution in [-0.2, 0) is 0 Å². The molecule has 2 N–H and O–H groups in total. The highest BCUT2D eigenvalue weighted by Crippen LogP contribution is 2.09. The van der Waals surface area contributed by atoms with Gasteiger partial charge < -0.3 is 10.2 Å². The van der Waals surface area contributed by atoms with Crippen molar-refractivity contribution in [3.05, 3.63) is 16.6 Å². The third-order valence-corrected chi connectivity index (χ3v) is 1.63. The highest BCUT2D eigenvalue weighted by atomic mass is 32.1. The Hall–Kier alpha value is -1.43. The fraction of sp³-hybridized carbons (Fsp3) is 0. The summed E-state index contributed by atoms with van der Waals surface area (Å²) in [5.74, 6) is -2.58. The maximum Gasteiger partial charge on any atom is 0.356 e. The highest BCUT2D eigenvalue weighted by Gasteiger charge is 2.18. The Bertz CT molecular complexity index is 277. The number of aromatic carboxylic acids is 2. The molecule has 58 valence electrons. The van der Waals surface area contributed by atoms with Gasteiger partial charge in [0, 0.05) is 5.38 Å². The second-order valence-corrected chi connectivity index (χ2v) is 2.32. The van der Waals surface area contributed by atoms with Crippen LogP contribution in [0.5, 0.6) is 0 Å². The first kappa shape index (κ1) is 7.67. The fourth-order valence-corrected chi connectivity index (χ4v) is 1.20. The predicted octanol–water partition coefficient (Wildman–Crippen LogP) is 0.540. The molecule has 0 bridgehead atoms. The summed E-state index contributed by atoms with van der Waals surface area (Å²) < 4.78 is 3.40. The summed E-state index contributed by atoms with van der Waals surface area (Å²) in [5, 5.41) is 18.0. The molecule has 0 aliphatic heterocycles. The van der Waals surface area contributed by atoms with Crippen molar-refractivity contribution in [1.29, 1.82) is 0 Å². The zero-order chi connectivity index (χ0) is 8.43. The molecule has 0 aromatic carbocycles. The molecule has 0 spiro atoms. The van der Waals surface area contributed by atoms with Gasteiger partial charge in [0.1, 0.15) is 5.56 Å². The normalized spacial score (nSPS) is 9.45. The van der Waals surface area contributed by atoms with Crippen molar-refractivity contribution in [2.24, 2.45) is 0 Å². The first-order chi connectivity index (χ1) is 5.13. The van der Waals surface area contributed by atoms with Gasteiger partial charge in [-0.3, -0.25) is 0 Å². The molecule has 0 unspecified atom stereocenters. The summed E-state index contributed by atoms with van der Waals surface area (Å²) in [7, 11) is 0. The van der Waals surface area contributed by atoms with Crippen molar-refractivity contribution < 1.29 is 19.8 Å². The van der Waals surface area contributed by atoms with Crippen LogP contribution < -0.4 is 0 Å². The number of hydrogen-bond acceptors (Lipinski definition) is 4. The zero-order valence-electron chi connectivity index (χ0n) is 5.14. The van der Waals surface area contributed by atoms with Crippen LogP contribution in [0.2, 0.25) is 0 Å². The van der Waals surface area contributed by atoms with E-state index in [0.717, 1.165) is 11.5 Å². The lowest BCUT2D eigenvalue weighted by molar-refractivity contribution is 0.0648. The minimum absolute atomic E-state index is 0.262. The molecule has 0 saturated heterocycles. The number of hydrogen-bond donors (Lipinski definition) is 2. The van der Waals surface area contributed by atoms with Crippen LogP contribution in [-0.4, -0.2) is 26.5 Å². The van der Waals surface area contributed by atoms with E-state index in [1.807, 2.05) is 0 Å². The summed E-state index contributed by atoms with van der Waals surface area (Å²) in [6.45, 7) is 0. The number of rotatable bonds is 2. The first-order valence-corrected chi connectivity index (χ1v) is 3.37. The molecule has 0 amide bonds. The Morgan fingerprint density at radius 3 is 2.36 bits per heavy atom. The highest BCUT2D eigenvalue weighted by molar-refractivity contribution is 7.04. The third kappa shape index (κ3) is 1.35. The van der Waals surface area contributed by atoms with Gasteiger partial charge in [-0.25, -0.2) is 9.59 Å². The van der Waals surface area contributed by atoms with Crippen LogP contribution in [0.3, 0.4) is 0 Å². The molecule has 0 radical (unpaired) electrons. The van der Waals surface area contributed by atoms with Crippen LogP contribution in [0.4, 0.5) is 0 Å². The third-order valence-electron chi connectivity index (χ3n) is 1.00. The van der Waals surface area contributed by atoms with Crippen molar-refractivity contribution in [3.8, 4) is 0 Å². The van der Waals surface area contributed by atoms with Gasteiger partial charge in [0.05, 0.1) is 0 Å². The lowest BCUT2D eigenvalue weighted by Gasteiger charge is -1.88. The first-order valence-electron chi connectivity index (χ1n) is 2.54. The van der Waals surface area contributed by atoms with E-state index in [9.17, 15) is 9.59 Å². The van der Waals surface area contributed by atoms with Gasteiger partial charge in [-0.15, -0.1) is 0 Å². The SMILES string of the molecule is O=C(O)c1csnc1C(=O)O. The number of carbonyl (C=O) groups is 2. The van der Waals surface area contributed by atoms with Crippen LogP contribution in [0.15, 0.2) is 5.38 Å². The molecule has 5 nitrogen and oxygen atoms in total. The van der Waals surface area contributed by atoms with E-state index >= 15 is 0 Å². The Morgan fingerprint density at radius 2 is 2.00 bits per heavy atom. The molecule has 0 saturated carbocycles. The molecule has 0 fully saturated rings. The maximum atomic E-state index is 10.3. The van der Waals surface area contributed by atoms with Crippen LogP contribution >= 0.6 is 11.5 Å². The van der Waals surface area contributed by atoms with E-state index in [1.165, 1.54) is 5.38 Å². The van der Waals surface area contributed by atoms with Crippen molar-refractivity contribution in [2.45, 2.75) is 0 Å². The maximum absolute atomic E-state index is 10.3. The number of carboxylic acid groups (broad SMARTS) is 2. The largest absolute Gasteiger partial charge is 0.478 e. The van der Waals surface area contributed by atoms with Gasteiger partial charge in [0.15, 0.2) is 5.69 Å². The molecular formula is C5H3NO4S. The lowest BCUT2D eigenvalue weighted by atomic mass is 10.2. The van der Waals surface area contributed by atoms with Crippen LogP contribution in [0, 0.1) is 0 Å². The summed E-state index contributed by atoms with van der Waals surface area (Å²) >= 11 is 0.811. The Kier molecular flexibility index (Phi) is 1.86. The monoisotopic (exact) mass is 173 g/mol. The average molecular weight is 173 g/mol. The van der Waals surface area contributed by atoms with Gasteiger partial charge in [0.2, 0.25) is 0 Å². The minimum atomic E-state index is -1.32. The van der Waals surface area contributed by atoms with E-state index in [0.29, 0.717) is 0 Å². The van der Waals surface area contributed by atoms with Crippen molar-refractivity contribution in [2.75, 3.05) is 0 Å². The van der Waals surface area contributed by atoms with Crippen molar-refractivity contribution in [1.82, 2.24) is 4.37 Å². The lowest BCUT2D eigenvalue weighted by Crippen LogP contribution is -2.05. The molecule has 6 heteroatoms. The van der Waals surface area contributed by atoms with Crippen molar-refractivity contribution >= 4 is 23.5 Å². The van der Waals surface area contributed by atoms with Gasteiger partial charge in [-0.05, 0) is 11.5 Å². The molecule has 0 aliphatic carbocycles. The summed E-state index contributed by atoms with van der Waals surface area (Å²) in [6, 6.07) is 0. The number of aromatic nitrogens is 1. The standard InChI is InChI=1S/C5H3NO4S/c7-4(8)2-1-11-6-3(2)5(9)10/h1H,(H,7,8)(H,9,10). The molecule has 11 heavy (non-hydrogen) atoms. The topological polar surface area (TPSA) is 87.5 Å². The molecular weight excluding hydrogens is 170 g/mol. The number of carboxylic acids is 2. The summed E-state index contributed by atoms with van der Waals surface area (Å²) in [4.78, 5) is 20.6. The molecule has 1 aromatic rings. The van der Waals surface area contributed by atoms with E-state index in [-0.39, 0.29) is 5.56 Å². The van der Waals surface area contributed by atoms with E-state index in [2.05, 4.69) is 4.37 Å². The number of nitrogens with zero attached hydrogens (tertiary/aromatic N) is 1. The molecule has 1 heterocycles. The second-order valence-electron chi connectivity index (χ2n) is 1.69. The molecule has 1 aromatic heterocycles. The van der Waals surface area contributed by atoms with Gasteiger partial charge >= 0.3 is 11.9 Å². The van der Waals surface area contributed by atoms with Gasteiger partial charge in [0.25, 0.3) is 0 Å². The van der Waals surface area contributed by atoms with E-state index in [1.54, 1.807) is 0 Å². The van der Waals surface area contributed by atoms with Gasteiger partial charge in [-0.2, -0.15) is 4.37 Å². The van der Waals surface area contributed by atoms with Crippen molar-refractivity contribution in [3.63, 3.8) is 0 Å². The van der Waals surface area contributed by atoms with Crippen LogP contribution in [0.25, 0.3) is 0 Å². The smallest absolute Gasteiger partial charge is 0.356 e. The molecule has 0 atom stereocenters. The second kappa shape index (κ2) is 2.67. The Balaban J connectivity index is 3.16. The quantitative estimate of drug-likeness (QED) is 0.681. The van der Waals surface area contributed by atoms with Crippen LogP contribution in [0.1, 0.15) is 20.8 Å². The zero-order valence-corrected chi connectivity index (χ0v) is 5.96. The van der Waals surface area contributed by atoms with E-state index in [4.69, 9.17) is 10.2 Å².